The van der Waals surface area contributed by atoms with Gasteiger partial charge in [0.25, 0.3) is 5.91 Å². The Morgan fingerprint density at radius 1 is 1.27 bits per heavy atom. The summed E-state index contributed by atoms with van der Waals surface area (Å²) in [6.45, 7) is 6.30. The summed E-state index contributed by atoms with van der Waals surface area (Å²) in [5.74, 6) is -0.128. The van der Waals surface area contributed by atoms with Crippen molar-refractivity contribution in [2.75, 3.05) is 23.3 Å². The summed E-state index contributed by atoms with van der Waals surface area (Å²) in [4.78, 5) is 22.7. The minimum absolute atomic E-state index is 0.246. The molecule has 4 heterocycles. The van der Waals surface area contributed by atoms with E-state index in [-0.39, 0.29) is 16.8 Å². The number of pyridine rings is 1. The normalized spacial score (nSPS) is 16.2. The van der Waals surface area contributed by atoms with Gasteiger partial charge in [-0.3, -0.25) is 9.78 Å². The van der Waals surface area contributed by atoms with Crippen LogP contribution in [0.15, 0.2) is 36.8 Å². The lowest BCUT2D eigenvalue weighted by Crippen LogP contribution is -2.24. The summed E-state index contributed by atoms with van der Waals surface area (Å²) >= 11 is 0. The molecule has 3 aromatic rings. The van der Waals surface area contributed by atoms with Crippen LogP contribution in [0.1, 0.15) is 30.8 Å². The number of carbonyl (C=O) groups is 1. The number of imidazole rings is 1. The van der Waals surface area contributed by atoms with Crippen molar-refractivity contribution in [2.24, 2.45) is 5.41 Å². The van der Waals surface area contributed by atoms with Gasteiger partial charge in [0.1, 0.15) is 11.6 Å². The number of hydrogen-bond donors (Lipinski definition) is 1. The zero-order chi connectivity index (χ0) is 18.3. The van der Waals surface area contributed by atoms with Crippen LogP contribution < -0.4 is 10.2 Å². The number of aromatic nitrogens is 4. The van der Waals surface area contributed by atoms with E-state index in [0.29, 0.717) is 5.65 Å². The van der Waals surface area contributed by atoms with E-state index in [0.717, 1.165) is 31.5 Å². The number of amides is 1. The number of carbonyl (C=O) groups excluding carboxylic acids is 1. The molecular formula is C18H19FN6O. The summed E-state index contributed by atoms with van der Waals surface area (Å²) in [7, 11) is 0. The third-order valence-electron chi connectivity index (χ3n) is 4.54. The van der Waals surface area contributed by atoms with Gasteiger partial charge in [-0.05, 0) is 24.0 Å². The van der Waals surface area contributed by atoms with Crippen LogP contribution >= 0.6 is 0 Å². The molecule has 0 unspecified atom stereocenters. The molecule has 1 saturated heterocycles. The topological polar surface area (TPSA) is 75.4 Å². The summed E-state index contributed by atoms with van der Waals surface area (Å²) in [6.07, 6.45) is 5.02. The second-order valence-corrected chi connectivity index (χ2v) is 7.29. The van der Waals surface area contributed by atoms with E-state index in [1.54, 1.807) is 0 Å². The van der Waals surface area contributed by atoms with Gasteiger partial charge in [0.15, 0.2) is 11.3 Å². The van der Waals surface area contributed by atoms with E-state index in [1.807, 2.05) is 12.1 Å². The van der Waals surface area contributed by atoms with Crippen molar-refractivity contribution >= 4 is 23.1 Å². The van der Waals surface area contributed by atoms with Crippen LogP contribution in [-0.4, -0.2) is 38.6 Å². The van der Waals surface area contributed by atoms with Crippen molar-refractivity contribution < 1.29 is 9.18 Å². The maximum absolute atomic E-state index is 13.3. The number of hydrogen-bond acceptors (Lipinski definition) is 5. The summed E-state index contributed by atoms with van der Waals surface area (Å²) < 4.78 is 14.8. The molecule has 7 nitrogen and oxygen atoms in total. The molecule has 1 amide bonds. The van der Waals surface area contributed by atoms with Crippen LogP contribution in [0.25, 0.3) is 5.65 Å². The fourth-order valence-electron chi connectivity index (χ4n) is 3.17. The van der Waals surface area contributed by atoms with Crippen molar-refractivity contribution in [3.05, 3.63) is 48.3 Å². The van der Waals surface area contributed by atoms with E-state index in [2.05, 4.69) is 39.1 Å². The molecule has 26 heavy (non-hydrogen) atoms. The predicted octanol–water partition coefficient (Wildman–Crippen LogP) is 2.75. The number of halogens is 1. The molecule has 0 saturated carbocycles. The van der Waals surface area contributed by atoms with Crippen molar-refractivity contribution in [3.63, 3.8) is 0 Å². The highest BCUT2D eigenvalue weighted by Crippen LogP contribution is 2.31. The van der Waals surface area contributed by atoms with E-state index < -0.39 is 11.7 Å². The zero-order valence-electron chi connectivity index (χ0n) is 14.6. The first kappa shape index (κ1) is 16.4. The average molecular weight is 354 g/mol. The number of nitrogens with one attached hydrogen (secondary N) is 1. The standard InChI is InChI=1S/C18H19FN6O/c1-18(2)5-6-24(11-18)16-4-3-15-21-10-14(25(15)23-16)17(26)22-13-7-12(19)8-20-9-13/h3-4,7-10H,5-6,11H2,1-2H3,(H,22,26). The number of fused-ring (bicyclic) bond motifs is 1. The monoisotopic (exact) mass is 354 g/mol. The van der Waals surface area contributed by atoms with Gasteiger partial charge in [-0.2, -0.15) is 0 Å². The Kier molecular flexibility index (Phi) is 3.82. The molecule has 0 bridgehead atoms. The van der Waals surface area contributed by atoms with Gasteiger partial charge in [-0.15, -0.1) is 5.10 Å². The maximum Gasteiger partial charge on any atom is 0.276 e. The molecule has 0 aromatic carbocycles. The zero-order valence-corrected chi connectivity index (χ0v) is 14.6. The molecule has 0 atom stereocenters. The lowest BCUT2D eigenvalue weighted by Gasteiger charge is -2.20. The molecule has 1 aliphatic rings. The van der Waals surface area contributed by atoms with Crippen LogP contribution in [0.4, 0.5) is 15.9 Å². The third-order valence-corrected chi connectivity index (χ3v) is 4.54. The number of rotatable bonds is 3. The van der Waals surface area contributed by atoms with Gasteiger partial charge in [-0.25, -0.2) is 13.9 Å². The molecule has 1 N–H and O–H groups in total. The maximum atomic E-state index is 13.3. The quantitative estimate of drug-likeness (QED) is 0.783. The van der Waals surface area contributed by atoms with E-state index >= 15 is 0 Å². The molecule has 134 valence electrons. The smallest absolute Gasteiger partial charge is 0.276 e. The summed E-state index contributed by atoms with van der Waals surface area (Å²) in [6, 6.07) is 4.97. The largest absolute Gasteiger partial charge is 0.355 e. The Bertz CT molecular complexity index is 983. The Hall–Kier alpha value is -3.03. The first-order valence-corrected chi connectivity index (χ1v) is 8.43. The third kappa shape index (κ3) is 3.10. The molecule has 3 aromatic heterocycles. The van der Waals surface area contributed by atoms with E-state index in [4.69, 9.17) is 0 Å². The van der Waals surface area contributed by atoms with E-state index in [1.165, 1.54) is 23.0 Å². The van der Waals surface area contributed by atoms with Crippen LogP contribution in [-0.2, 0) is 0 Å². The van der Waals surface area contributed by atoms with Gasteiger partial charge in [0.05, 0.1) is 24.3 Å². The molecule has 0 radical (unpaired) electrons. The molecule has 0 aliphatic carbocycles. The second kappa shape index (κ2) is 6.05. The van der Waals surface area contributed by atoms with Crippen LogP contribution in [0, 0.1) is 11.2 Å². The molecule has 0 spiro atoms. The van der Waals surface area contributed by atoms with Crippen LogP contribution in [0.2, 0.25) is 0 Å². The van der Waals surface area contributed by atoms with Crippen molar-refractivity contribution in [3.8, 4) is 0 Å². The van der Waals surface area contributed by atoms with Crippen molar-refractivity contribution in [2.45, 2.75) is 20.3 Å². The van der Waals surface area contributed by atoms with Crippen molar-refractivity contribution in [1.29, 1.82) is 0 Å². The fraction of sp³-hybridized carbons (Fsp3) is 0.333. The van der Waals surface area contributed by atoms with Crippen LogP contribution in [0.5, 0.6) is 0 Å². The molecule has 1 aliphatic heterocycles. The first-order valence-electron chi connectivity index (χ1n) is 8.43. The average Bonchev–Trinajstić information content (AvgIpc) is 3.17. The number of nitrogens with zero attached hydrogens (tertiary/aromatic N) is 5. The van der Waals surface area contributed by atoms with Crippen molar-refractivity contribution in [1.82, 2.24) is 19.6 Å². The van der Waals surface area contributed by atoms with Gasteiger partial charge in [-0.1, -0.05) is 13.8 Å². The Morgan fingerprint density at radius 3 is 2.85 bits per heavy atom. The van der Waals surface area contributed by atoms with Crippen LogP contribution in [0.3, 0.4) is 0 Å². The predicted molar refractivity (Wildman–Crippen MR) is 95.7 cm³/mol. The lowest BCUT2D eigenvalue weighted by atomic mass is 9.93. The van der Waals surface area contributed by atoms with Gasteiger partial charge >= 0.3 is 0 Å². The fourth-order valence-corrected chi connectivity index (χ4v) is 3.17. The minimum atomic E-state index is -0.516. The Labute approximate surface area is 149 Å². The SMILES string of the molecule is CC1(C)CCN(c2ccc3ncc(C(=O)Nc4cncc(F)c4)n3n2)C1. The highest BCUT2D eigenvalue weighted by molar-refractivity contribution is 6.03. The van der Waals surface area contributed by atoms with Gasteiger partial charge < -0.3 is 10.2 Å². The number of anilines is 2. The molecular weight excluding hydrogens is 335 g/mol. The Balaban J connectivity index is 1.63. The molecule has 8 heteroatoms. The molecule has 4 rings (SSSR count). The van der Waals surface area contributed by atoms with E-state index in [9.17, 15) is 9.18 Å². The van der Waals surface area contributed by atoms with Gasteiger partial charge in [0.2, 0.25) is 0 Å². The second-order valence-electron chi connectivity index (χ2n) is 7.29. The highest BCUT2D eigenvalue weighted by atomic mass is 19.1. The summed E-state index contributed by atoms with van der Waals surface area (Å²) in [5.41, 5.74) is 1.39. The first-order chi connectivity index (χ1) is 12.4. The molecule has 1 fully saturated rings. The highest BCUT2D eigenvalue weighted by Gasteiger charge is 2.30. The Morgan fingerprint density at radius 2 is 2.12 bits per heavy atom. The lowest BCUT2D eigenvalue weighted by molar-refractivity contribution is 0.102. The minimum Gasteiger partial charge on any atom is -0.355 e. The summed E-state index contributed by atoms with van der Waals surface area (Å²) in [5, 5.41) is 7.22. The van der Waals surface area contributed by atoms with Gasteiger partial charge in [0, 0.05) is 19.2 Å².